The van der Waals surface area contributed by atoms with Crippen LogP contribution >= 0.6 is 11.3 Å². The Morgan fingerprint density at radius 1 is 1.63 bits per heavy atom. The highest BCUT2D eigenvalue weighted by molar-refractivity contribution is 7.10. The van der Waals surface area contributed by atoms with Crippen molar-refractivity contribution in [3.63, 3.8) is 0 Å². The fourth-order valence-corrected chi connectivity index (χ4v) is 3.52. The van der Waals surface area contributed by atoms with Gasteiger partial charge in [-0.3, -0.25) is 14.4 Å². The Labute approximate surface area is 115 Å². The van der Waals surface area contributed by atoms with E-state index in [-0.39, 0.29) is 0 Å². The van der Waals surface area contributed by atoms with E-state index in [1.54, 1.807) is 22.2 Å². The monoisotopic (exact) mass is 277 g/mol. The van der Waals surface area contributed by atoms with Gasteiger partial charge in [0.2, 0.25) is 0 Å². The number of rotatable bonds is 3. The van der Waals surface area contributed by atoms with E-state index in [1.165, 1.54) is 4.88 Å². The molecule has 100 valence electrons. The number of carbonyl (C=O) groups is 1. The summed E-state index contributed by atoms with van der Waals surface area (Å²) in [5.41, 5.74) is 2.00. The fourth-order valence-electron chi connectivity index (χ4n) is 2.62. The zero-order valence-corrected chi connectivity index (χ0v) is 11.4. The van der Waals surface area contributed by atoms with Crippen LogP contribution in [0.15, 0.2) is 23.8 Å². The van der Waals surface area contributed by atoms with Crippen LogP contribution in [0.1, 0.15) is 22.0 Å². The van der Waals surface area contributed by atoms with Crippen molar-refractivity contribution in [3.05, 3.63) is 39.8 Å². The highest BCUT2D eigenvalue weighted by Crippen LogP contribution is 2.34. The van der Waals surface area contributed by atoms with Gasteiger partial charge < -0.3 is 5.11 Å². The first-order chi connectivity index (χ1) is 9.15. The molecule has 0 fully saturated rings. The van der Waals surface area contributed by atoms with Crippen LogP contribution in [0, 0.1) is 0 Å². The van der Waals surface area contributed by atoms with Crippen LogP contribution in [0.25, 0.3) is 0 Å². The van der Waals surface area contributed by atoms with Crippen molar-refractivity contribution in [2.24, 2.45) is 7.05 Å². The summed E-state index contributed by atoms with van der Waals surface area (Å²) in [6.45, 7) is 1.40. The van der Waals surface area contributed by atoms with Gasteiger partial charge in [0, 0.05) is 36.8 Å². The number of hydrogen-bond acceptors (Lipinski definition) is 4. The van der Waals surface area contributed by atoms with E-state index in [0.717, 1.165) is 24.1 Å². The van der Waals surface area contributed by atoms with E-state index in [2.05, 4.69) is 5.10 Å². The van der Waals surface area contributed by atoms with Gasteiger partial charge in [-0.1, -0.05) is 0 Å². The molecule has 0 aliphatic carbocycles. The second-order valence-corrected chi connectivity index (χ2v) is 5.78. The molecule has 1 atom stereocenters. The van der Waals surface area contributed by atoms with Gasteiger partial charge in [0.1, 0.15) is 6.04 Å². The van der Waals surface area contributed by atoms with Gasteiger partial charge >= 0.3 is 5.97 Å². The fraction of sp³-hybridized carbons (Fsp3) is 0.385. The Morgan fingerprint density at radius 2 is 2.47 bits per heavy atom. The maximum atomic E-state index is 11.6. The second kappa shape index (κ2) is 4.79. The molecule has 0 spiro atoms. The molecule has 1 aliphatic heterocycles. The van der Waals surface area contributed by atoms with E-state index >= 15 is 0 Å². The molecule has 6 heteroatoms. The zero-order chi connectivity index (χ0) is 13.4. The number of fused-ring (bicyclic) bond motifs is 1. The Morgan fingerprint density at radius 3 is 3.16 bits per heavy atom. The first-order valence-corrected chi connectivity index (χ1v) is 7.04. The predicted octanol–water partition coefficient (Wildman–Crippen LogP) is 1.67. The standard InChI is InChI=1S/C13H15N3O2S/c1-15-7-9(6-14-15)8-16-4-2-11-10(3-5-19-11)12(16)13(17)18/h3,5-7,12H,2,4,8H2,1H3,(H,17,18). The lowest BCUT2D eigenvalue weighted by Gasteiger charge is -2.32. The van der Waals surface area contributed by atoms with Crippen molar-refractivity contribution in [1.29, 1.82) is 0 Å². The van der Waals surface area contributed by atoms with Crippen molar-refractivity contribution >= 4 is 17.3 Å². The molecule has 0 amide bonds. The number of hydrogen-bond donors (Lipinski definition) is 1. The Bertz CT molecular complexity index is 605. The third-order valence-electron chi connectivity index (χ3n) is 3.44. The third-order valence-corrected chi connectivity index (χ3v) is 4.44. The summed E-state index contributed by atoms with van der Waals surface area (Å²) in [4.78, 5) is 14.8. The van der Waals surface area contributed by atoms with Crippen LogP contribution in [-0.4, -0.2) is 32.3 Å². The summed E-state index contributed by atoms with van der Waals surface area (Å²) < 4.78 is 1.74. The lowest BCUT2D eigenvalue weighted by Crippen LogP contribution is -2.38. The van der Waals surface area contributed by atoms with Gasteiger partial charge in [-0.25, -0.2) is 0 Å². The summed E-state index contributed by atoms with van der Waals surface area (Å²) in [5, 5.41) is 15.6. The van der Waals surface area contributed by atoms with Crippen LogP contribution in [0.5, 0.6) is 0 Å². The molecule has 19 heavy (non-hydrogen) atoms. The van der Waals surface area contributed by atoms with Crippen molar-refractivity contribution in [3.8, 4) is 0 Å². The van der Waals surface area contributed by atoms with Crippen LogP contribution in [0.4, 0.5) is 0 Å². The molecule has 2 aromatic heterocycles. The predicted molar refractivity (Wildman–Crippen MR) is 72.0 cm³/mol. The Hall–Kier alpha value is -1.66. The number of aryl methyl sites for hydroxylation is 1. The summed E-state index contributed by atoms with van der Waals surface area (Å²) in [5.74, 6) is -0.775. The van der Waals surface area contributed by atoms with Crippen LogP contribution < -0.4 is 0 Å². The number of carboxylic acids is 1. The molecule has 3 rings (SSSR count). The first kappa shape index (κ1) is 12.4. The normalized spacial score (nSPS) is 19.3. The molecule has 2 aromatic rings. The van der Waals surface area contributed by atoms with E-state index < -0.39 is 12.0 Å². The zero-order valence-electron chi connectivity index (χ0n) is 10.6. The van der Waals surface area contributed by atoms with E-state index in [4.69, 9.17) is 0 Å². The van der Waals surface area contributed by atoms with Crippen LogP contribution in [0.2, 0.25) is 0 Å². The highest BCUT2D eigenvalue weighted by Gasteiger charge is 2.33. The molecule has 1 N–H and O–H groups in total. The molecule has 0 saturated heterocycles. The summed E-state index contributed by atoms with van der Waals surface area (Å²) in [6.07, 6.45) is 4.65. The van der Waals surface area contributed by atoms with Crippen molar-refractivity contribution in [2.75, 3.05) is 6.54 Å². The summed E-state index contributed by atoms with van der Waals surface area (Å²) >= 11 is 1.65. The van der Waals surface area contributed by atoms with Gasteiger partial charge in [0.15, 0.2) is 0 Å². The molecule has 0 bridgehead atoms. The molecule has 0 radical (unpaired) electrons. The lowest BCUT2D eigenvalue weighted by atomic mass is 9.99. The lowest BCUT2D eigenvalue weighted by molar-refractivity contribution is -0.144. The quantitative estimate of drug-likeness (QED) is 0.927. The number of thiophene rings is 1. The third kappa shape index (κ3) is 2.29. The van der Waals surface area contributed by atoms with Crippen molar-refractivity contribution < 1.29 is 9.90 Å². The minimum Gasteiger partial charge on any atom is -0.480 e. The van der Waals surface area contributed by atoms with Crippen LogP contribution in [0.3, 0.4) is 0 Å². The average Bonchev–Trinajstić information content (AvgIpc) is 2.97. The molecule has 0 aromatic carbocycles. The molecule has 3 heterocycles. The van der Waals surface area contributed by atoms with Gasteiger partial charge in [-0.2, -0.15) is 5.10 Å². The summed E-state index contributed by atoms with van der Waals surface area (Å²) in [6, 6.07) is 1.41. The van der Waals surface area contributed by atoms with E-state index in [9.17, 15) is 9.90 Å². The van der Waals surface area contributed by atoms with Crippen molar-refractivity contribution in [2.45, 2.75) is 19.0 Å². The Kier molecular flexibility index (Phi) is 3.12. The highest BCUT2D eigenvalue weighted by atomic mass is 32.1. The van der Waals surface area contributed by atoms with E-state index in [0.29, 0.717) is 6.54 Å². The minimum atomic E-state index is -0.775. The number of nitrogens with zero attached hydrogens (tertiary/aromatic N) is 3. The maximum absolute atomic E-state index is 11.6. The molecule has 1 aliphatic rings. The molecule has 1 unspecified atom stereocenters. The summed E-state index contributed by atoms with van der Waals surface area (Å²) in [7, 11) is 1.87. The van der Waals surface area contributed by atoms with Crippen LogP contribution in [-0.2, 0) is 24.8 Å². The topological polar surface area (TPSA) is 58.4 Å². The van der Waals surface area contributed by atoms with Crippen molar-refractivity contribution in [1.82, 2.24) is 14.7 Å². The number of carboxylic acid groups (broad SMARTS) is 1. The van der Waals surface area contributed by atoms with Gasteiger partial charge in [-0.15, -0.1) is 11.3 Å². The Balaban J connectivity index is 1.87. The molecule has 0 saturated carbocycles. The maximum Gasteiger partial charge on any atom is 0.325 e. The first-order valence-electron chi connectivity index (χ1n) is 6.16. The molecule has 5 nitrogen and oxygen atoms in total. The molecular weight excluding hydrogens is 262 g/mol. The van der Waals surface area contributed by atoms with Gasteiger partial charge in [-0.05, 0) is 23.4 Å². The second-order valence-electron chi connectivity index (χ2n) is 4.78. The van der Waals surface area contributed by atoms with Gasteiger partial charge in [0.05, 0.1) is 6.20 Å². The number of aliphatic carboxylic acids is 1. The SMILES string of the molecule is Cn1cc(CN2CCc3sccc3C2C(=O)O)cn1. The number of aromatic nitrogens is 2. The molecular formula is C13H15N3O2S. The largest absolute Gasteiger partial charge is 0.480 e. The van der Waals surface area contributed by atoms with Gasteiger partial charge in [0.25, 0.3) is 0 Å². The minimum absolute atomic E-state index is 0.532. The van der Waals surface area contributed by atoms with E-state index in [1.807, 2.05) is 29.6 Å². The average molecular weight is 277 g/mol. The smallest absolute Gasteiger partial charge is 0.325 e.